The minimum Gasteiger partial charge on any atom is -0.478 e. The molecule has 0 aliphatic rings. The molecular weight excluding hydrogens is 304 g/mol. The van der Waals surface area contributed by atoms with Gasteiger partial charge in [0.15, 0.2) is 0 Å². The second-order valence-electron chi connectivity index (χ2n) is 4.49. The molecule has 2 rings (SSSR count). The number of nitrogens with one attached hydrogen (secondary N) is 1. The van der Waals surface area contributed by atoms with Gasteiger partial charge in [-0.15, -0.1) is 0 Å². The number of amides is 1. The lowest BCUT2D eigenvalue weighted by Crippen LogP contribution is -2.07. The molecule has 1 heterocycles. The third kappa shape index (κ3) is 3.93. The van der Waals surface area contributed by atoms with Crippen LogP contribution in [0.2, 0.25) is 5.02 Å². The van der Waals surface area contributed by atoms with E-state index in [1.807, 2.05) is 6.07 Å². The number of hydrogen-bond donors (Lipinski definition) is 2. The normalized spacial score (nSPS) is 10.6. The Bertz CT molecular complexity index is 743. The number of benzene rings is 1. The molecule has 0 aliphatic heterocycles. The van der Waals surface area contributed by atoms with Gasteiger partial charge in [-0.2, -0.15) is 0 Å². The van der Waals surface area contributed by atoms with Gasteiger partial charge >= 0.3 is 5.97 Å². The molecule has 0 fully saturated rings. The molecule has 0 atom stereocenters. The summed E-state index contributed by atoms with van der Waals surface area (Å²) in [4.78, 5) is 26.2. The Morgan fingerprint density at radius 1 is 1.32 bits per heavy atom. The number of carbonyl (C=O) groups is 2. The van der Waals surface area contributed by atoms with Gasteiger partial charge in [-0.25, -0.2) is 4.79 Å². The second-order valence-corrected chi connectivity index (χ2v) is 4.89. The van der Waals surface area contributed by atoms with Gasteiger partial charge in [-0.1, -0.05) is 17.7 Å². The molecule has 112 valence electrons. The van der Waals surface area contributed by atoms with Crippen molar-refractivity contribution in [2.45, 2.75) is 6.92 Å². The average molecular weight is 317 g/mol. The van der Waals surface area contributed by atoms with E-state index in [1.54, 1.807) is 30.5 Å². The van der Waals surface area contributed by atoms with Crippen LogP contribution in [-0.2, 0) is 9.59 Å². The maximum Gasteiger partial charge on any atom is 0.328 e. The van der Waals surface area contributed by atoms with E-state index in [4.69, 9.17) is 16.7 Å². The smallest absolute Gasteiger partial charge is 0.328 e. The third-order valence-corrected chi connectivity index (χ3v) is 3.11. The molecule has 0 radical (unpaired) electrons. The first-order valence-corrected chi connectivity index (χ1v) is 6.78. The maximum absolute atomic E-state index is 11.3. The van der Waals surface area contributed by atoms with Crippen LogP contribution in [0.5, 0.6) is 0 Å². The van der Waals surface area contributed by atoms with E-state index in [2.05, 4.69) is 10.3 Å². The summed E-state index contributed by atoms with van der Waals surface area (Å²) in [5.41, 5.74) is 2.28. The SMILES string of the molecule is CC(=O)Nc1cc(Cl)c(-c2ccccn2)cc1/C=C/C(=O)O. The Morgan fingerprint density at radius 2 is 2.09 bits per heavy atom. The summed E-state index contributed by atoms with van der Waals surface area (Å²) in [6.07, 6.45) is 4.04. The van der Waals surface area contributed by atoms with E-state index in [0.717, 1.165) is 6.08 Å². The summed E-state index contributed by atoms with van der Waals surface area (Å²) in [6, 6.07) is 8.68. The van der Waals surface area contributed by atoms with Crippen LogP contribution in [0.3, 0.4) is 0 Å². The van der Waals surface area contributed by atoms with Crippen LogP contribution in [0.15, 0.2) is 42.6 Å². The molecule has 0 saturated carbocycles. The van der Waals surface area contributed by atoms with E-state index in [0.29, 0.717) is 27.5 Å². The average Bonchev–Trinajstić information content (AvgIpc) is 2.46. The molecule has 0 spiro atoms. The van der Waals surface area contributed by atoms with Crippen molar-refractivity contribution in [3.05, 3.63) is 53.2 Å². The molecule has 0 aliphatic carbocycles. The second kappa shape index (κ2) is 6.87. The quantitative estimate of drug-likeness (QED) is 0.847. The lowest BCUT2D eigenvalue weighted by Gasteiger charge is -2.11. The summed E-state index contributed by atoms with van der Waals surface area (Å²) in [5, 5.41) is 11.8. The number of anilines is 1. The largest absolute Gasteiger partial charge is 0.478 e. The monoisotopic (exact) mass is 316 g/mol. The van der Waals surface area contributed by atoms with Crippen molar-refractivity contribution in [2.75, 3.05) is 5.32 Å². The number of carboxylic acid groups (broad SMARTS) is 1. The number of aliphatic carboxylic acids is 1. The Kier molecular flexibility index (Phi) is 4.91. The van der Waals surface area contributed by atoms with Crippen molar-refractivity contribution in [1.82, 2.24) is 4.98 Å². The van der Waals surface area contributed by atoms with Crippen LogP contribution in [-0.4, -0.2) is 22.0 Å². The first-order valence-electron chi connectivity index (χ1n) is 6.41. The zero-order chi connectivity index (χ0) is 16.1. The molecule has 5 nitrogen and oxygen atoms in total. The molecule has 2 aromatic rings. The van der Waals surface area contributed by atoms with E-state index in [9.17, 15) is 9.59 Å². The number of nitrogens with zero attached hydrogens (tertiary/aromatic N) is 1. The molecule has 1 aromatic carbocycles. The summed E-state index contributed by atoms with van der Waals surface area (Å²) >= 11 is 6.25. The van der Waals surface area contributed by atoms with Crippen LogP contribution >= 0.6 is 11.6 Å². The standard InChI is InChI=1S/C16H13ClN2O3/c1-10(20)19-15-9-13(17)12(14-4-2-3-7-18-14)8-11(15)5-6-16(21)22/h2-9H,1H3,(H,19,20)(H,21,22)/b6-5+. The number of pyridine rings is 1. The summed E-state index contributed by atoms with van der Waals surface area (Å²) in [5.74, 6) is -1.35. The zero-order valence-electron chi connectivity index (χ0n) is 11.7. The van der Waals surface area contributed by atoms with Crippen molar-refractivity contribution >= 4 is 35.2 Å². The van der Waals surface area contributed by atoms with Crippen molar-refractivity contribution in [2.24, 2.45) is 0 Å². The summed E-state index contributed by atoms with van der Waals surface area (Å²) in [6.45, 7) is 1.37. The van der Waals surface area contributed by atoms with E-state index >= 15 is 0 Å². The van der Waals surface area contributed by atoms with Crippen molar-refractivity contribution in [3.8, 4) is 11.3 Å². The van der Waals surface area contributed by atoms with Crippen LogP contribution in [0.1, 0.15) is 12.5 Å². The lowest BCUT2D eigenvalue weighted by atomic mass is 10.0. The zero-order valence-corrected chi connectivity index (χ0v) is 12.5. The predicted molar refractivity (Wildman–Crippen MR) is 85.7 cm³/mol. The molecule has 0 saturated heterocycles. The van der Waals surface area contributed by atoms with E-state index in [1.165, 1.54) is 13.0 Å². The Hall–Kier alpha value is -2.66. The highest BCUT2D eigenvalue weighted by atomic mass is 35.5. The number of halogens is 1. The lowest BCUT2D eigenvalue weighted by molar-refractivity contribution is -0.131. The Balaban J connectivity index is 2.56. The van der Waals surface area contributed by atoms with Gasteiger partial charge in [-0.3, -0.25) is 9.78 Å². The van der Waals surface area contributed by atoms with Gasteiger partial charge < -0.3 is 10.4 Å². The van der Waals surface area contributed by atoms with Crippen molar-refractivity contribution < 1.29 is 14.7 Å². The summed E-state index contributed by atoms with van der Waals surface area (Å²) in [7, 11) is 0. The molecule has 1 aromatic heterocycles. The van der Waals surface area contributed by atoms with Gasteiger partial charge in [0.25, 0.3) is 0 Å². The molecule has 1 amide bonds. The fraction of sp³-hybridized carbons (Fsp3) is 0.0625. The predicted octanol–water partition coefficient (Wildman–Crippen LogP) is 3.46. The molecule has 2 N–H and O–H groups in total. The number of rotatable bonds is 4. The van der Waals surface area contributed by atoms with Crippen LogP contribution < -0.4 is 5.32 Å². The molecular formula is C16H13ClN2O3. The number of hydrogen-bond acceptors (Lipinski definition) is 3. The van der Waals surface area contributed by atoms with Gasteiger partial charge in [0, 0.05) is 30.4 Å². The number of carbonyl (C=O) groups excluding carboxylic acids is 1. The van der Waals surface area contributed by atoms with Gasteiger partial charge in [0.2, 0.25) is 5.91 Å². The third-order valence-electron chi connectivity index (χ3n) is 2.80. The van der Waals surface area contributed by atoms with Crippen LogP contribution in [0, 0.1) is 0 Å². The molecule has 0 bridgehead atoms. The topological polar surface area (TPSA) is 79.3 Å². The first-order chi connectivity index (χ1) is 10.5. The minimum atomic E-state index is -1.08. The van der Waals surface area contributed by atoms with E-state index < -0.39 is 5.97 Å². The number of aromatic nitrogens is 1. The highest BCUT2D eigenvalue weighted by molar-refractivity contribution is 6.33. The fourth-order valence-corrected chi connectivity index (χ4v) is 2.17. The molecule has 0 unspecified atom stereocenters. The molecule has 6 heteroatoms. The fourth-order valence-electron chi connectivity index (χ4n) is 1.91. The van der Waals surface area contributed by atoms with Gasteiger partial charge in [-0.05, 0) is 35.9 Å². The van der Waals surface area contributed by atoms with Gasteiger partial charge in [0.1, 0.15) is 0 Å². The molecule has 22 heavy (non-hydrogen) atoms. The van der Waals surface area contributed by atoms with Crippen molar-refractivity contribution in [1.29, 1.82) is 0 Å². The first kappa shape index (κ1) is 15.7. The van der Waals surface area contributed by atoms with Crippen LogP contribution in [0.25, 0.3) is 17.3 Å². The van der Waals surface area contributed by atoms with E-state index in [-0.39, 0.29) is 5.91 Å². The maximum atomic E-state index is 11.3. The Morgan fingerprint density at radius 3 is 2.68 bits per heavy atom. The van der Waals surface area contributed by atoms with Gasteiger partial charge in [0.05, 0.1) is 10.7 Å². The minimum absolute atomic E-state index is 0.272. The van der Waals surface area contributed by atoms with Crippen molar-refractivity contribution in [3.63, 3.8) is 0 Å². The van der Waals surface area contributed by atoms with Crippen LogP contribution in [0.4, 0.5) is 5.69 Å². The summed E-state index contributed by atoms with van der Waals surface area (Å²) < 4.78 is 0. The highest BCUT2D eigenvalue weighted by Crippen LogP contribution is 2.32. The Labute approximate surface area is 132 Å². The number of carboxylic acids is 1. The highest BCUT2D eigenvalue weighted by Gasteiger charge is 2.11.